The lowest BCUT2D eigenvalue weighted by atomic mass is 10.1. The summed E-state index contributed by atoms with van der Waals surface area (Å²) in [6.07, 6.45) is 1.16. The van der Waals surface area contributed by atoms with Gasteiger partial charge in [0.05, 0.1) is 13.7 Å². The van der Waals surface area contributed by atoms with E-state index in [0.717, 1.165) is 23.1 Å². The molecule has 0 fully saturated rings. The lowest BCUT2D eigenvalue weighted by Crippen LogP contribution is -2.29. The van der Waals surface area contributed by atoms with Crippen molar-refractivity contribution in [2.45, 2.75) is 32.1 Å². The predicted molar refractivity (Wildman–Crippen MR) is 82.5 cm³/mol. The zero-order valence-electron chi connectivity index (χ0n) is 13.4. The number of rotatable bonds is 5. The second kappa shape index (κ2) is 5.68. The number of hydrogen-bond donors (Lipinski definition) is 0. The Kier molecular flexibility index (Phi) is 4.23. The van der Waals surface area contributed by atoms with Gasteiger partial charge in [0.2, 0.25) is 0 Å². The van der Waals surface area contributed by atoms with E-state index in [4.69, 9.17) is 4.74 Å². The summed E-state index contributed by atoms with van der Waals surface area (Å²) in [5.74, 6) is 0.911. The number of hydrogen-bond acceptors (Lipinski definition) is 6. The van der Waals surface area contributed by atoms with Crippen LogP contribution in [0.1, 0.15) is 30.8 Å². The van der Waals surface area contributed by atoms with Crippen LogP contribution >= 0.6 is 0 Å². The van der Waals surface area contributed by atoms with Gasteiger partial charge in [0, 0.05) is 11.8 Å². The van der Waals surface area contributed by atoms with Crippen LogP contribution in [0.25, 0.3) is 0 Å². The molecule has 0 amide bonds. The maximum atomic E-state index is 11.8. The van der Waals surface area contributed by atoms with Gasteiger partial charge in [-0.3, -0.25) is 0 Å². The van der Waals surface area contributed by atoms with Gasteiger partial charge in [0.15, 0.2) is 15.7 Å². The highest BCUT2D eigenvalue weighted by Gasteiger charge is 2.37. The fourth-order valence-electron chi connectivity index (χ4n) is 1.90. The third-order valence-corrected chi connectivity index (χ3v) is 5.70. The van der Waals surface area contributed by atoms with Crippen molar-refractivity contribution in [1.29, 1.82) is 0 Å². The summed E-state index contributed by atoms with van der Waals surface area (Å²) in [6.45, 7) is 5.47. The van der Waals surface area contributed by atoms with Gasteiger partial charge < -0.3 is 4.74 Å². The molecule has 0 saturated heterocycles. The summed E-state index contributed by atoms with van der Waals surface area (Å²) < 4.78 is 27.8. The lowest BCUT2D eigenvalue weighted by molar-refractivity contribution is 0.405. The molecule has 0 aliphatic rings. The first-order valence-electron chi connectivity index (χ1n) is 6.76. The van der Waals surface area contributed by atoms with E-state index in [0.29, 0.717) is 6.54 Å². The molecule has 0 aliphatic carbocycles. The molecule has 1 aromatic carbocycles. The Balaban J connectivity index is 2.33. The molecule has 0 unspecified atom stereocenters. The van der Waals surface area contributed by atoms with Gasteiger partial charge in [-0.05, 0) is 32.1 Å². The fraction of sp³-hybridized carbons (Fsp3) is 0.500. The van der Waals surface area contributed by atoms with Crippen LogP contribution in [0.2, 0.25) is 0 Å². The highest BCUT2D eigenvalue weighted by molar-refractivity contribution is 7.91. The first-order chi connectivity index (χ1) is 10.1. The molecular weight excluding hydrogens is 304 g/mol. The lowest BCUT2D eigenvalue weighted by Gasteiger charge is -2.17. The van der Waals surface area contributed by atoms with Crippen LogP contribution in [-0.2, 0) is 21.1 Å². The number of ether oxygens (including phenoxy) is 1. The zero-order chi connectivity index (χ0) is 16.5. The van der Waals surface area contributed by atoms with Gasteiger partial charge in [0.1, 0.15) is 10.5 Å². The van der Waals surface area contributed by atoms with Crippen LogP contribution in [0.15, 0.2) is 18.2 Å². The molecule has 0 radical (unpaired) electrons. The van der Waals surface area contributed by atoms with E-state index in [2.05, 4.69) is 15.4 Å². The SMILES string of the molecule is COc1ccc(C)cc1Cn1nnc(C(C)(C)S(C)(=O)=O)n1. The van der Waals surface area contributed by atoms with Gasteiger partial charge in [-0.2, -0.15) is 4.80 Å². The molecule has 120 valence electrons. The highest BCUT2D eigenvalue weighted by atomic mass is 32.2. The first kappa shape index (κ1) is 16.4. The smallest absolute Gasteiger partial charge is 0.195 e. The summed E-state index contributed by atoms with van der Waals surface area (Å²) >= 11 is 0. The molecule has 1 aromatic heterocycles. The van der Waals surface area contributed by atoms with Gasteiger partial charge in [-0.1, -0.05) is 17.7 Å². The fourth-order valence-corrected chi connectivity index (χ4v) is 2.31. The van der Waals surface area contributed by atoms with Crippen molar-refractivity contribution < 1.29 is 13.2 Å². The van der Waals surface area contributed by atoms with Crippen LogP contribution in [0, 0.1) is 6.92 Å². The number of benzene rings is 1. The van der Waals surface area contributed by atoms with E-state index in [1.807, 2.05) is 25.1 Å². The number of nitrogens with zero attached hydrogens (tertiary/aromatic N) is 4. The Labute approximate surface area is 130 Å². The van der Waals surface area contributed by atoms with Crippen molar-refractivity contribution >= 4 is 9.84 Å². The van der Waals surface area contributed by atoms with Crippen molar-refractivity contribution in [3.63, 3.8) is 0 Å². The highest BCUT2D eigenvalue weighted by Crippen LogP contribution is 2.25. The van der Waals surface area contributed by atoms with Crippen molar-refractivity contribution in [2.75, 3.05) is 13.4 Å². The summed E-state index contributed by atoms with van der Waals surface area (Å²) in [7, 11) is -1.74. The van der Waals surface area contributed by atoms with Crippen LogP contribution in [0.5, 0.6) is 5.75 Å². The van der Waals surface area contributed by atoms with Crippen LogP contribution in [0.4, 0.5) is 0 Å². The molecule has 0 atom stereocenters. The van der Waals surface area contributed by atoms with Crippen molar-refractivity contribution in [2.24, 2.45) is 0 Å². The topological polar surface area (TPSA) is 87.0 Å². The largest absolute Gasteiger partial charge is 0.496 e. The van der Waals surface area contributed by atoms with Gasteiger partial charge >= 0.3 is 0 Å². The summed E-state index contributed by atoms with van der Waals surface area (Å²) in [4.78, 5) is 1.37. The average molecular weight is 324 g/mol. The molecule has 0 N–H and O–H groups in total. The summed E-state index contributed by atoms with van der Waals surface area (Å²) in [5.41, 5.74) is 2.00. The minimum absolute atomic E-state index is 0.182. The molecule has 7 nitrogen and oxygen atoms in total. The maximum Gasteiger partial charge on any atom is 0.195 e. The molecule has 8 heteroatoms. The van der Waals surface area contributed by atoms with Crippen LogP contribution < -0.4 is 4.74 Å². The molecule has 2 rings (SSSR count). The Bertz CT molecular complexity index is 781. The summed E-state index contributed by atoms with van der Waals surface area (Å²) in [6, 6.07) is 5.81. The van der Waals surface area contributed by atoms with Crippen LogP contribution in [-0.4, -0.2) is 42.0 Å². The van der Waals surface area contributed by atoms with Crippen molar-refractivity contribution in [3.05, 3.63) is 35.2 Å². The number of aromatic nitrogens is 4. The Hall–Kier alpha value is -1.96. The molecule has 22 heavy (non-hydrogen) atoms. The number of sulfone groups is 1. The van der Waals surface area contributed by atoms with E-state index in [1.165, 1.54) is 4.80 Å². The van der Waals surface area contributed by atoms with Gasteiger partial charge in [-0.15, -0.1) is 10.2 Å². The van der Waals surface area contributed by atoms with Crippen molar-refractivity contribution in [1.82, 2.24) is 20.2 Å². The predicted octanol–water partition coefficient (Wildman–Crippen LogP) is 1.32. The standard InChI is InChI=1S/C14H20N4O3S/c1-10-6-7-12(21-4)11(8-10)9-18-16-13(15-17-18)14(2,3)22(5,19)20/h6-8H,9H2,1-5H3. The normalized spacial score (nSPS) is 12.4. The molecule has 0 aliphatic heterocycles. The third kappa shape index (κ3) is 3.11. The second-order valence-electron chi connectivity index (χ2n) is 5.74. The minimum atomic E-state index is -3.34. The van der Waals surface area contributed by atoms with E-state index in [-0.39, 0.29) is 5.82 Å². The minimum Gasteiger partial charge on any atom is -0.496 e. The summed E-state index contributed by atoms with van der Waals surface area (Å²) in [5, 5.41) is 12.1. The zero-order valence-corrected chi connectivity index (χ0v) is 14.2. The Morgan fingerprint density at radius 1 is 1.32 bits per heavy atom. The molecule has 1 heterocycles. The van der Waals surface area contributed by atoms with Crippen LogP contribution in [0.3, 0.4) is 0 Å². The Morgan fingerprint density at radius 2 is 2.00 bits per heavy atom. The average Bonchev–Trinajstić information content (AvgIpc) is 2.87. The van der Waals surface area contributed by atoms with Gasteiger partial charge in [0.25, 0.3) is 0 Å². The second-order valence-corrected chi connectivity index (χ2v) is 8.31. The Morgan fingerprint density at radius 3 is 2.59 bits per heavy atom. The first-order valence-corrected chi connectivity index (χ1v) is 8.65. The van der Waals surface area contributed by atoms with E-state index in [1.54, 1.807) is 21.0 Å². The number of methoxy groups -OCH3 is 1. The van der Waals surface area contributed by atoms with E-state index < -0.39 is 14.6 Å². The third-order valence-electron chi connectivity index (χ3n) is 3.67. The number of aryl methyl sites for hydroxylation is 1. The van der Waals surface area contributed by atoms with E-state index in [9.17, 15) is 8.42 Å². The molecule has 2 aromatic rings. The number of tetrazole rings is 1. The quantitative estimate of drug-likeness (QED) is 0.824. The molecular formula is C14H20N4O3S. The maximum absolute atomic E-state index is 11.8. The molecule has 0 bridgehead atoms. The van der Waals surface area contributed by atoms with Crippen molar-refractivity contribution in [3.8, 4) is 5.75 Å². The molecule has 0 saturated carbocycles. The van der Waals surface area contributed by atoms with Gasteiger partial charge in [-0.25, -0.2) is 8.42 Å². The van der Waals surface area contributed by atoms with E-state index >= 15 is 0 Å². The monoisotopic (exact) mass is 324 g/mol. The molecule has 0 spiro atoms.